The van der Waals surface area contributed by atoms with Gasteiger partial charge in [0.05, 0.1) is 5.56 Å². The van der Waals surface area contributed by atoms with E-state index >= 15 is 0 Å². The van der Waals surface area contributed by atoms with Gasteiger partial charge in [0.25, 0.3) is 0 Å². The minimum atomic E-state index is -1.16. The molecule has 0 saturated heterocycles. The first kappa shape index (κ1) is 21.6. The molecule has 25 heavy (non-hydrogen) atoms. The molecule has 1 aliphatic carbocycles. The number of halogens is 1. The van der Waals surface area contributed by atoms with Crippen LogP contribution in [0.5, 0.6) is 0 Å². The van der Waals surface area contributed by atoms with Gasteiger partial charge < -0.3 is 15.2 Å². The van der Waals surface area contributed by atoms with Crippen molar-refractivity contribution in [3.8, 4) is 6.07 Å². The largest absolute Gasteiger partial charge is 1.00 e. The zero-order valence-corrected chi connectivity index (χ0v) is 16.4. The molecule has 2 rings (SSSR count). The summed E-state index contributed by atoms with van der Waals surface area (Å²) < 4.78 is 13.5. The van der Waals surface area contributed by atoms with Crippen LogP contribution in [-0.2, 0) is 16.1 Å². The number of carboxylic acid groups (broad SMARTS) is 1. The Balaban J connectivity index is 0.00000312. The molecule has 1 aliphatic rings. The summed E-state index contributed by atoms with van der Waals surface area (Å²) in [5.41, 5.74) is -0.640. The third kappa shape index (κ3) is 5.81. The van der Waals surface area contributed by atoms with Crippen LogP contribution in [0.4, 0.5) is 4.39 Å². The van der Waals surface area contributed by atoms with Gasteiger partial charge in [-0.3, -0.25) is 4.79 Å². The standard InChI is InChI=1S/C18H21FN2O3.Na/c19-15-9-13(5-6-14(15)11-20)12-21-16(22)10-18(17(23)24)7-3-1-2-4-8-18;/h5-6,9H,1-4,7-8,10,12H2,(H,21,22)(H,23,24);/q;+1/p-1. The van der Waals surface area contributed by atoms with Gasteiger partial charge in [-0.2, -0.15) is 5.26 Å². The molecule has 128 valence electrons. The molecule has 0 spiro atoms. The van der Waals surface area contributed by atoms with E-state index in [-0.39, 0.29) is 54.0 Å². The SMILES string of the molecule is N#Cc1ccc(CNC(=O)CC2(C(=O)[O-])CCCCCC2)cc1F.[Na+]. The number of hydrogen-bond acceptors (Lipinski definition) is 4. The number of aliphatic carboxylic acids is 1. The molecule has 0 aromatic heterocycles. The number of benzene rings is 1. The monoisotopic (exact) mass is 354 g/mol. The minimum absolute atomic E-state index is 0. The first-order chi connectivity index (χ1) is 11.5. The van der Waals surface area contributed by atoms with Crippen molar-refractivity contribution in [2.45, 2.75) is 51.5 Å². The molecular formula is C18H20FN2NaO3. The van der Waals surface area contributed by atoms with Crippen molar-refractivity contribution in [2.75, 3.05) is 0 Å². The van der Waals surface area contributed by atoms with E-state index in [9.17, 15) is 19.1 Å². The Labute approximate surface area is 168 Å². The Morgan fingerprint density at radius 2 is 1.88 bits per heavy atom. The van der Waals surface area contributed by atoms with E-state index in [1.165, 1.54) is 12.1 Å². The number of hydrogen-bond donors (Lipinski definition) is 1. The van der Waals surface area contributed by atoms with Crippen LogP contribution in [-0.4, -0.2) is 11.9 Å². The maximum atomic E-state index is 13.5. The van der Waals surface area contributed by atoms with Crippen LogP contribution in [0, 0.1) is 22.6 Å². The maximum Gasteiger partial charge on any atom is 1.00 e. The second-order valence-corrected chi connectivity index (χ2v) is 6.36. The topological polar surface area (TPSA) is 93.0 Å². The molecule has 0 unspecified atom stereocenters. The fourth-order valence-corrected chi connectivity index (χ4v) is 3.19. The predicted molar refractivity (Wildman–Crippen MR) is 82.7 cm³/mol. The van der Waals surface area contributed by atoms with Gasteiger partial charge in [-0.1, -0.05) is 31.7 Å². The molecule has 0 radical (unpaired) electrons. The molecule has 1 fully saturated rings. The van der Waals surface area contributed by atoms with Crippen LogP contribution >= 0.6 is 0 Å². The van der Waals surface area contributed by atoms with Crippen LogP contribution in [0.15, 0.2) is 18.2 Å². The molecule has 0 heterocycles. The number of nitrogens with one attached hydrogen (secondary N) is 1. The van der Waals surface area contributed by atoms with Crippen molar-refractivity contribution >= 4 is 11.9 Å². The summed E-state index contributed by atoms with van der Waals surface area (Å²) in [6.45, 7) is 0.0879. The number of carboxylic acids is 1. The smallest absolute Gasteiger partial charge is 0.550 e. The first-order valence-corrected chi connectivity index (χ1v) is 8.13. The molecule has 7 heteroatoms. The molecule has 0 aliphatic heterocycles. The zero-order valence-electron chi connectivity index (χ0n) is 14.4. The molecular weight excluding hydrogens is 334 g/mol. The summed E-state index contributed by atoms with van der Waals surface area (Å²) >= 11 is 0. The van der Waals surface area contributed by atoms with Crippen molar-refractivity contribution in [3.63, 3.8) is 0 Å². The summed E-state index contributed by atoms with van der Waals surface area (Å²) in [4.78, 5) is 23.7. The molecule has 1 amide bonds. The van der Waals surface area contributed by atoms with Crippen molar-refractivity contribution in [3.05, 3.63) is 35.1 Å². The van der Waals surface area contributed by atoms with Gasteiger partial charge in [0.2, 0.25) is 5.91 Å². The Bertz CT molecular complexity index is 665. The minimum Gasteiger partial charge on any atom is -0.550 e. The second kappa shape index (κ2) is 9.91. The third-order valence-electron chi connectivity index (χ3n) is 4.64. The van der Waals surface area contributed by atoms with Gasteiger partial charge >= 0.3 is 29.6 Å². The van der Waals surface area contributed by atoms with Gasteiger partial charge in [0, 0.05) is 24.3 Å². The number of nitrogens with zero attached hydrogens (tertiary/aromatic N) is 1. The van der Waals surface area contributed by atoms with E-state index in [1.54, 1.807) is 12.1 Å². The van der Waals surface area contributed by atoms with Crippen LogP contribution in [0.1, 0.15) is 56.1 Å². The molecule has 1 aromatic carbocycles. The van der Waals surface area contributed by atoms with E-state index < -0.39 is 17.2 Å². The number of carbonyl (C=O) groups is 2. The summed E-state index contributed by atoms with van der Waals surface area (Å²) in [5, 5.41) is 22.9. The Morgan fingerprint density at radius 1 is 1.24 bits per heavy atom. The van der Waals surface area contributed by atoms with Crippen molar-refractivity contribution in [2.24, 2.45) is 5.41 Å². The molecule has 0 atom stereocenters. The van der Waals surface area contributed by atoms with Crippen LogP contribution in [0.3, 0.4) is 0 Å². The van der Waals surface area contributed by atoms with Gasteiger partial charge in [0.1, 0.15) is 11.9 Å². The van der Waals surface area contributed by atoms with Crippen LogP contribution in [0.25, 0.3) is 0 Å². The summed E-state index contributed by atoms with van der Waals surface area (Å²) in [5.74, 6) is -2.19. The van der Waals surface area contributed by atoms with Gasteiger partial charge in [-0.15, -0.1) is 0 Å². The number of rotatable bonds is 5. The van der Waals surface area contributed by atoms with E-state index in [1.807, 2.05) is 0 Å². The van der Waals surface area contributed by atoms with Crippen LogP contribution < -0.4 is 40.0 Å². The Kier molecular flexibility index (Phi) is 8.57. The quantitative estimate of drug-likeness (QED) is 0.531. The van der Waals surface area contributed by atoms with E-state index in [2.05, 4.69) is 5.32 Å². The van der Waals surface area contributed by atoms with Crippen molar-refractivity contribution in [1.29, 1.82) is 5.26 Å². The number of amides is 1. The van der Waals surface area contributed by atoms with Crippen molar-refractivity contribution < 1.29 is 48.6 Å². The molecule has 0 bridgehead atoms. The van der Waals surface area contributed by atoms with E-state index in [4.69, 9.17) is 5.26 Å². The number of carbonyl (C=O) groups excluding carboxylic acids is 2. The van der Waals surface area contributed by atoms with Crippen LogP contribution in [0.2, 0.25) is 0 Å². The molecule has 1 aromatic rings. The summed E-state index contributed by atoms with van der Waals surface area (Å²) in [6, 6.07) is 5.83. The normalized spacial score (nSPS) is 16.0. The molecule has 1 N–H and O–H groups in total. The number of nitriles is 1. The maximum absolute atomic E-state index is 13.5. The van der Waals surface area contributed by atoms with Gasteiger partial charge in [0.15, 0.2) is 0 Å². The van der Waals surface area contributed by atoms with E-state index in [0.717, 1.165) is 25.7 Å². The summed E-state index contributed by atoms with van der Waals surface area (Å²) in [6.07, 6.45) is 4.29. The predicted octanol–water partition coefficient (Wildman–Crippen LogP) is -1.20. The van der Waals surface area contributed by atoms with Crippen molar-refractivity contribution in [1.82, 2.24) is 5.32 Å². The average molecular weight is 354 g/mol. The Hall–Kier alpha value is -1.42. The first-order valence-electron chi connectivity index (χ1n) is 8.13. The zero-order chi connectivity index (χ0) is 17.6. The molecule has 5 nitrogen and oxygen atoms in total. The second-order valence-electron chi connectivity index (χ2n) is 6.36. The van der Waals surface area contributed by atoms with E-state index in [0.29, 0.717) is 18.4 Å². The summed E-state index contributed by atoms with van der Waals surface area (Å²) in [7, 11) is 0. The Morgan fingerprint density at radius 3 is 2.40 bits per heavy atom. The van der Waals surface area contributed by atoms with Gasteiger partial charge in [-0.05, 0) is 30.5 Å². The fourth-order valence-electron chi connectivity index (χ4n) is 3.19. The third-order valence-corrected chi connectivity index (χ3v) is 4.64. The fraction of sp³-hybridized carbons (Fsp3) is 0.500. The average Bonchev–Trinajstić information content (AvgIpc) is 2.79. The molecule has 1 saturated carbocycles. The van der Waals surface area contributed by atoms with Gasteiger partial charge in [-0.25, -0.2) is 4.39 Å².